The number of benzene rings is 2. The van der Waals surface area contributed by atoms with E-state index >= 15 is 0 Å². The van der Waals surface area contributed by atoms with Gasteiger partial charge in [-0.05, 0) is 40.2 Å². The number of hydrogen-bond donors (Lipinski definition) is 1. The number of nitrogens with one attached hydrogen (secondary N) is 1. The summed E-state index contributed by atoms with van der Waals surface area (Å²) < 4.78 is 7.46. The maximum atomic E-state index is 12.6. The zero-order valence-electron chi connectivity index (χ0n) is 12.1. The highest BCUT2D eigenvalue weighted by Gasteiger charge is 2.23. The van der Waals surface area contributed by atoms with Crippen LogP contribution >= 0.6 is 27.3 Å². The van der Waals surface area contributed by atoms with Gasteiger partial charge in [0, 0.05) is 17.5 Å². The van der Waals surface area contributed by atoms with Crippen molar-refractivity contribution in [1.29, 1.82) is 0 Å². The third-order valence-electron chi connectivity index (χ3n) is 3.89. The monoisotopic (exact) mass is 388 g/mol. The minimum Gasteiger partial charge on any atom is -0.493 e. The molecule has 1 amide bonds. The van der Waals surface area contributed by atoms with Gasteiger partial charge in [-0.15, -0.1) is 11.3 Å². The van der Waals surface area contributed by atoms with E-state index in [4.69, 9.17) is 4.74 Å². The highest BCUT2D eigenvalue weighted by molar-refractivity contribution is 9.11. The predicted molar refractivity (Wildman–Crippen MR) is 94.1 cm³/mol. The van der Waals surface area contributed by atoms with E-state index in [9.17, 15) is 4.79 Å². The second-order valence-electron chi connectivity index (χ2n) is 5.35. The summed E-state index contributed by atoms with van der Waals surface area (Å²) in [5.41, 5.74) is 2.58. The van der Waals surface area contributed by atoms with Crippen LogP contribution in [0.5, 0.6) is 5.75 Å². The van der Waals surface area contributed by atoms with Crippen LogP contribution in [-0.2, 0) is 0 Å². The lowest BCUT2D eigenvalue weighted by Crippen LogP contribution is -2.32. The Morgan fingerprint density at radius 3 is 3.09 bits per heavy atom. The first-order valence-corrected chi connectivity index (χ1v) is 8.90. The molecule has 4 rings (SSSR count). The number of fused-ring (bicyclic) bond motifs is 2. The Labute approximate surface area is 145 Å². The molecule has 4 nitrogen and oxygen atoms in total. The molecular weight excluding hydrogens is 376 g/mol. The van der Waals surface area contributed by atoms with Crippen molar-refractivity contribution in [2.45, 2.75) is 12.5 Å². The van der Waals surface area contributed by atoms with E-state index in [1.807, 2.05) is 42.5 Å². The molecule has 6 heteroatoms. The van der Waals surface area contributed by atoms with E-state index < -0.39 is 0 Å². The van der Waals surface area contributed by atoms with Gasteiger partial charge in [0.15, 0.2) is 3.92 Å². The van der Waals surface area contributed by atoms with Gasteiger partial charge >= 0.3 is 0 Å². The minimum atomic E-state index is -0.0712. The maximum Gasteiger partial charge on any atom is 0.251 e. The Bertz CT molecular complexity index is 893. The average molecular weight is 389 g/mol. The quantitative estimate of drug-likeness (QED) is 0.711. The van der Waals surface area contributed by atoms with E-state index in [-0.39, 0.29) is 11.9 Å². The van der Waals surface area contributed by atoms with E-state index in [1.165, 1.54) is 11.3 Å². The lowest BCUT2D eigenvalue weighted by Gasteiger charge is -2.26. The molecule has 116 valence electrons. The fourth-order valence-electron chi connectivity index (χ4n) is 2.77. The number of halogens is 1. The molecule has 0 saturated heterocycles. The number of amides is 1. The maximum absolute atomic E-state index is 12.6. The van der Waals surface area contributed by atoms with Crippen molar-refractivity contribution >= 4 is 43.4 Å². The molecule has 0 bridgehead atoms. The van der Waals surface area contributed by atoms with Crippen LogP contribution in [0.1, 0.15) is 28.4 Å². The van der Waals surface area contributed by atoms with Crippen LogP contribution in [0.3, 0.4) is 0 Å². The summed E-state index contributed by atoms with van der Waals surface area (Å²) in [5.74, 6) is 0.781. The molecule has 0 radical (unpaired) electrons. The van der Waals surface area contributed by atoms with E-state index in [0.29, 0.717) is 12.2 Å². The van der Waals surface area contributed by atoms with Crippen LogP contribution in [0.25, 0.3) is 10.2 Å². The number of ether oxygens (including phenoxy) is 1. The molecule has 0 fully saturated rings. The number of thiazole rings is 1. The third-order valence-corrected chi connectivity index (χ3v) is 5.36. The molecule has 1 N–H and O–H groups in total. The molecule has 2 heterocycles. The van der Waals surface area contributed by atoms with E-state index in [2.05, 4.69) is 26.2 Å². The molecule has 1 aromatic heterocycles. The number of para-hydroxylation sites is 1. The Kier molecular flexibility index (Phi) is 3.79. The first kappa shape index (κ1) is 14.7. The van der Waals surface area contributed by atoms with Crippen LogP contribution in [0.4, 0.5) is 0 Å². The highest BCUT2D eigenvalue weighted by atomic mass is 79.9. The van der Waals surface area contributed by atoms with Crippen molar-refractivity contribution in [3.05, 3.63) is 57.5 Å². The summed E-state index contributed by atoms with van der Waals surface area (Å²) in [6.07, 6.45) is 0.775. The molecular formula is C17H13BrN2O2S. The van der Waals surface area contributed by atoms with Gasteiger partial charge in [-0.2, -0.15) is 0 Å². The zero-order valence-corrected chi connectivity index (χ0v) is 14.5. The van der Waals surface area contributed by atoms with Gasteiger partial charge in [0.25, 0.3) is 5.91 Å². The van der Waals surface area contributed by atoms with Crippen molar-refractivity contribution in [1.82, 2.24) is 10.3 Å². The van der Waals surface area contributed by atoms with Crippen molar-refractivity contribution in [2.75, 3.05) is 6.61 Å². The zero-order chi connectivity index (χ0) is 15.8. The minimum absolute atomic E-state index is 0.0173. The molecule has 1 atom stereocenters. The van der Waals surface area contributed by atoms with Gasteiger partial charge in [0.05, 0.1) is 22.9 Å². The average Bonchev–Trinajstić information content (AvgIpc) is 2.94. The summed E-state index contributed by atoms with van der Waals surface area (Å²) in [7, 11) is 0. The van der Waals surface area contributed by atoms with Gasteiger partial charge in [-0.1, -0.05) is 18.2 Å². The van der Waals surface area contributed by atoms with Crippen molar-refractivity contribution in [3.8, 4) is 5.75 Å². The van der Waals surface area contributed by atoms with Crippen LogP contribution in [0.2, 0.25) is 0 Å². The summed E-state index contributed by atoms with van der Waals surface area (Å²) in [6.45, 7) is 0.614. The molecule has 1 aliphatic heterocycles. The van der Waals surface area contributed by atoms with Crippen molar-refractivity contribution in [3.63, 3.8) is 0 Å². The number of carbonyl (C=O) groups is 1. The topological polar surface area (TPSA) is 51.2 Å². The Morgan fingerprint density at radius 2 is 2.17 bits per heavy atom. The molecule has 2 aromatic carbocycles. The Hall–Kier alpha value is -1.92. The summed E-state index contributed by atoms with van der Waals surface area (Å²) >= 11 is 4.90. The van der Waals surface area contributed by atoms with Gasteiger partial charge in [0.2, 0.25) is 0 Å². The van der Waals surface area contributed by atoms with Gasteiger partial charge in [0.1, 0.15) is 5.75 Å². The molecule has 23 heavy (non-hydrogen) atoms. The third kappa shape index (κ3) is 2.84. The molecule has 0 spiro atoms. The second kappa shape index (κ2) is 5.94. The number of carbonyl (C=O) groups excluding carboxylic acids is 1. The predicted octanol–water partition coefficient (Wildman–Crippen LogP) is 4.31. The molecule has 3 aromatic rings. The molecule has 0 unspecified atom stereocenters. The number of nitrogens with zero attached hydrogens (tertiary/aromatic N) is 1. The van der Waals surface area contributed by atoms with Gasteiger partial charge < -0.3 is 10.1 Å². The van der Waals surface area contributed by atoms with Gasteiger partial charge in [-0.3, -0.25) is 4.79 Å². The smallest absolute Gasteiger partial charge is 0.251 e. The number of hydrogen-bond acceptors (Lipinski definition) is 4. The molecule has 0 aliphatic carbocycles. The molecule has 0 saturated carbocycles. The lowest BCUT2D eigenvalue weighted by atomic mass is 10.00. The normalized spacial score (nSPS) is 16.7. The fourth-order valence-corrected chi connectivity index (χ4v) is 4.22. The number of rotatable bonds is 2. The van der Waals surface area contributed by atoms with Crippen LogP contribution in [-0.4, -0.2) is 17.5 Å². The van der Waals surface area contributed by atoms with Crippen LogP contribution in [0, 0.1) is 0 Å². The Balaban J connectivity index is 1.60. The van der Waals surface area contributed by atoms with Crippen LogP contribution < -0.4 is 10.1 Å². The summed E-state index contributed by atoms with van der Waals surface area (Å²) in [5, 5.41) is 3.12. The van der Waals surface area contributed by atoms with Crippen molar-refractivity contribution in [2.24, 2.45) is 0 Å². The van der Waals surface area contributed by atoms with E-state index in [1.54, 1.807) is 0 Å². The van der Waals surface area contributed by atoms with E-state index in [0.717, 1.165) is 31.9 Å². The fraction of sp³-hybridized carbons (Fsp3) is 0.176. The standard InChI is InChI=1S/C17H13BrN2O2S/c18-17-20-13-6-5-10(9-15(13)23-17)16(21)19-12-7-8-22-14-4-2-1-3-11(12)14/h1-6,9,12H,7-8H2,(H,19,21)/t12-/m1/s1. The largest absolute Gasteiger partial charge is 0.493 e. The summed E-state index contributed by atoms with van der Waals surface area (Å²) in [4.78, 5) is 16.9. The number of aromatic nitrogens is 1. The van der Waals surface area contributed by atoms with Crippen LogP contribution in [0.15, 0.2) is 46.4 Å². The first-order chi connectivity index (χ1) is 11.2. The van der Waals surface area contributed by atoms with Crippen molar-refractivity contribution < 1.29 is 9.53 Å². The highest BCUT2D eigenvalue weighted by Crippen LogP contribution is 2.32. The first-order valence-electron chi connectivity index (χ1n) is 7.29. The Morgan fingerprint density at radius 1 is 1.30 bits per heavy atom. The lowest BCUT2D eigenvalue weighted by molar-refractivity contribution is 0.0925. The second-order valence-corrected chi connectivity index (χ2v) is 7.66. The SMILES string of the molecule is O=C(N[C@@H]1CCOc2ccccc21)c1ccc2nc(Br)sc2c1. The summed E-state index contributed by atoms with van der Waals surface area (Å²) in [6, 6.07) is 13.4. The molecule has 1 aliphatic rings. The van der Waals surface area contributed by atoms with Gasteiger partial charge in [-0.25, -0.2) is 4.98 Å².